The summed E-state index contributed by atoms with van der Waals surface area (Å²) >= 11 is 0. The Morgan fingerprint density at radius 2 is 2.10 bits per heavy atom. The van der Waals surface area contributed by atoms with Crippen molar-refractivity contribution in [2.45, 2.75) is 6.54 Å². The van der Waals surface area contributed by atoms with E-state index >= 15 is 0 Å². The molecule has 0 unspecified atom stereocenters. The average Bonchev–Trinajstić information content (AvgIpc) is 2.81. The van der Waals surface area contributed by atoms with Crippen LogP contribution in [0.3, 0.4) is 0 Å². The van der Waals surface area contributed by atoms with E-state index in [1.54, 1.807) is 18.3 Å². The Hall–Kier alpha value is -2.83. The number of nitrogens with two attached hydrogens (primary N) is 1. The summed E-state index contributed by atoms with van der Waals surface area (Å²) in [6, 6.07) is 6.81. The molecule has 0 fully saturated rings. The normalized spacial score (nSPS) is 11.0. The quantitative estimate of drug-likeness (QED) is 0.571. The number of amidine groups is 1. The predicted molar refractivity (Wildman–Crippen MR) is 74.0 cm³/mol. The Bertz CT molecular complexity index is 840. The van der Waals surface area contributed by atoms with Gasteiger partial charge in [0.15, 0.2) is 5.65 Å². The molecular weight excluding hydrogens is 276 g/mol. The van der Waals surface area contributed by atoms with E-state index in [4.69, 9.17) is 11.1 Å². The second-order valence-corrected chi connectivity index (χ2v) is 4.53. The van der Waals surface area contributed by atoms with Crippen LogP contribution in [-0.2, 0) is 6.54 Å². The number of nitrogens with zero attached hydrogens (tertiary/aromatic N) is 3. The number of nitrogen functional groups attached to an aromatic ring is 1. The lowest BCUT2D eigenvalue weighted by atomic mass is 10.2. The van der Waals surface area contributed by atoms with Crippen LogP contribution >= 0.6 is 0 Å². The summed E-state index contributed by atoms with van der Waals surface area (Å²) in [4.78, 5) is 4.18. The van der Waals surface area contributed by atoms with E-state index in [2.05, 4.69) is 10.1 Å². The minimum atomic E-state index is -0.654. The highest BCUT2D eigenvalue weighted by Crippen LogP contribution is 2.18. The SMILES string of the molecule is N=C(N)c1nn(Cc2ccc(F)cc2F)c2ncccc12. The van der Waals surface area contributed by atoms with Gasteiger partial charge in [-0.3, -0.25) is 5.41 Å². The lowest BCUT2D eigenvalue weighted by Gasteiger charge is -2.04. The van der Waals surface area contributed by atoms with Gasteiger partial charge in [-0.2, -0.15) is 5.10 Å². The standard InChI is InChI=1S/C14H11F2N5/c15-9-4-3-8(11(16)6-9)7-21-14-10(2-1-5-19-14)12(20-21)13(17)18/h1-6H,7H2,(H3,17,18). The molecule has 5 nitrogen and oxygen atoms in total. The van der Waals surface area contributed by atoms with Crippen molar-refractivity contribution in [1.29, 1.82) is 5.41 Å². The fraction of sp³-hybridized carbons (Fsp3) is 0.0714. The molecule has 0 radical (unpaired) electrons. The average molecular weight is 287 g/mol. The Morgan fingerprint density at radius 3 is 2.81 bits per heavy atom. The summed E-state index contributed by atoms with van der Waals surface area (Å²) in [5.41, 5.74) is 6.56. The molecule has 3 rings (SSSR count). The van der Waals surface area contributed by atoms with E-state index in [-0.39, 0.29) is 17.9 Å². The van der Waals surface area contributed by atoms with Gasteiger partial charge < -0.3 is 5.73 Å². The molecule has 0 bridgehead atoms. The summed E-state index contributed by atoms with van der Waals surface area (Å²) in [6.07, 6.45) is 1.57. The maximum absolute atomic E-state index is 13.7. The minimum absolute atomic E-state index is 0.0763. The zero-order chi connectivity index (χ0) is 15.0. The van der Waals surface area contributed by atoms with Crippen LogP contribution in [0, 0.1) is 17.0 Å². The van der Waals surface area contributed by atoms with Crippen molar-refractivity contribution in [3.63, 3.8) is 0 Å². The molecule has 106 valence electrons. The summed E-state index contributed by atoms with van der Waals surface area (Å²) < 4.78 is 28.1. The zero-order valence-electron chi connectivity index (χ0n) is 10.8. The number of hydrogen-bond acceptors (Lipinski definition) is 3. The molecule has 1 aromatic carbocycles. The van der Waals surface area contributed by atoms with Crippen LogP contribution in [-0.4, -0.2) is 20.6 Å². The van der Waals surface area contributed by atoms with Crippen LogP contribution in [0.5, 0.6) is 0 Å². The maximum atomic E-state index is 13.7. The third kappa shape index (κ3) is 2.33. The lowest BCUT2D eigenvalue weighted by molar-refractivity contribution is 0.560. The lowest BCUT2D eigenvalue weighted by Crippen LogP contribution is -2.13. The van der Waals surface area contributed by atoms with Gasteiger partial charge in [-0.15, -0.1) is 0 Å². The second-order valence-electron chi connectivity index (χ2n) is 4.53. The first kappa shape index (κ1) is 13.2. The highest BCUT2D eigenvalue weighted by molar-refractivity contribution is 6.04. The number of nitrogens with one attached hydrogen (secondary N) is 1. The van der Waals surface area contributed by atoms with E-state index in [0.717, 1.165) is 6.07 Å². The molecule has 0 saturated heterocycles. The summed E-state index contributed by atoms with van der Waals surface area (Å²) in [5, 5.41) is 12.3. The maximum Gasteiger partial charge on any atom is 0.158 e. The molecule has 2 heterocycles. The van der Waals surface area contributed by atoms with Crippen LogP contribution in [0.15, 0.2) is 36.5 Å². The summed E-state index contributed by atoms with van der Waals surface area (Å²) in [5.74, 6) is -1.48. The number of benzene rings is 1. The topological polar surface area (TPSA) is 80.6 Å². The zero-order valence-corrected chi connectivity index (χ0v) is 10.8. The number of hydrogen-bond donors (Lipinski definition) is 2. The fourth-order valence-electron chi connectivity index (χ4n) is 2.13. The van der Waals surface area contributed by atoms with Gasteiger partial charge >= 0.3 is 0 Å². The van der Waals surface area contributed by atoms with Gasteiger partial charge in [0, 0.05) is 17.8 Å². The monoisotopic (exact) mass is 287 g/mol. The first-order valence-electron chi connectivity index (χ1n) is 6.16. The van der Waals surface area contributed by atoms with Gasteiger partial charge in [-0.05, 0) is 18.2 Å². The van der Waals surface area contributed by atoms with Gasteiger partial charge in [-0.25, -0.2) is 18.4 Å². The van der Waals surface area contributed by atoms with Crippen LogP contribution in [0.1, 0.15) is 11.3 Å². The first-order chi connectivity index (χ1) is 10.1. The van der Waals surface area contributed by atoms with Gasteiger partial charge in [-0.1, -0.05) is 6.07 Å². The Morgan fingerprint density at radius 1 is 1.29 bits per heavy atom. The number of rotatable bonds is 3. The number of fused-ring (bicyclic) bond motifs is 1. The highest BCUT2D eigenvalue weighted by atomic mass is 19.1. The van der Waals surface area contributed by atoms with E-state index in [9.17, 15) is 8.78 Å². The largest absolute Gasteiger partial charge is 0.382 e. The van der Waals surface area contributed by atoms with Gasteiger partial charge in [0.1, 0.15) is 23.2 Å². The van der Waals surface area contributed by atoms with Gasteiger partial charge in [0.05, 0.1) is 11.9 Å². The molecular formula is C14H11F2N5. The Kier molecular flexibility index (Phi) is 3.09. The third-order valence-corrected chi connectivity index (χ3v) is 3.10. The fourth-order valence-corrected chi connectivity index (χ4v) is 2.13. The molecule has 0 spiro atoms. The molecule has 0 aliphatic rings. The van der Waals surface area contributed by atoms with Crippen molar-refractivity contribution in [3.05, 3.63) is 59.4 Å². The molecule has 0 aliphatic heterocycles. The van der Waals surface area contributed by atoms with Gasteiger partial charge in [0.25, 0.3) is 0 Å². The Balaban J connectivity index is 2.10. The van der Waals surface area contributed by atoms with Crippen LogP contribution in [0.4, 0.5) is 8.78 Å². The molecule has 0 atom stereocenters. The summed E-state index contributed by atoms with van der Waals surface area (Å²) in [6.45, 7) is 0.0763. The van der Waals surface area contributed by atoms with Crippen molar-refractivity contribution in [3.8, 4) is 0 Å². The van der Waals surface area contributed by atoms with Crippen molar-refractivity contribution in [1.82, 2.24) is 14.8 Å². The molecule has 21 heavy (non-hydrogen) atoms. The highest BCUT2D eigenvalue weighted by Gasteiger charge is 2.14. The van der Waals surface area contributed by atoms with Crippen molar-refractivity contribution in [2.24, 2.45) is 5.73 Å². The number of pyridine rings is 1. The van der Waals surface area contributed by atoms with Crippen LogP contribution in [0.25, 0.3) is 11.0 Å². The number of aromatic nitrogens is 3. The van der Waals surface area contributed by atoms with Gasteiger partial charge in [0.2, 0.25) is 0 Å². The van der Waals surface area contributed by atoms with Crippen molar-refractivity contribution >= 4 is 16.9 Å². The molecule has 0 saturated carbocycles. The van der Waals surface area contributed by atoms with E-state index < -0.39 is 11.6 Å². The van der Waals surface area contributed by atoms with E-state index in [1.165, 1.54) is 16.8 Å². The van der Waals surface area contributed by atoms with E-state index in [0.29, 0.717) is 16.7 Å². The molecule has 3 aromatic rings. The van der Waals surface area contributed by atoms with Crippen molar-refractivity contribution in [2.75, 3.05) is 0 Å². The Labute approximate surface area is 118 Å². The molecule has 0 aliphatic carbocycles. The smallest absolute Gasteiger partial charge is 0.158 e. The molecule has 0 amide bonds. The first-order valence-corrected chi connectivity index (χ1v) is 6.16. The summed E-state index contributed by atoms with van der Waals surface area (Å²) in [7, 11) is 0. The third-order valence-electron chi connectivity index (χ3n) is 3.10. The van der Waals surface area contributed by atoms with Crippen molar-refractivity contribution < 1.29 is 8.78 Å². The molecule has 3 N–H and O–H groups in total. The predicted octanol–water partition coefficient (Wildman–Crippen LogP) is 2.04. The van der Waals surface area contributed by atoms with E-state index in [1.807, 2.05) is 0 Å². The van der Waals surface area contributed by atoms with Crippen LogP contribution in [0.2, 0.25) is 0 Å². The molecule has 2 aromatic heterocycles. The second kappa shape index (κ2) is 4.93. The van der Waals surface area contributed by atoms with Crippen LogP contribution < -0.4 is 5.73 Å². The number of halogens is 2. The minimum Gasteiger partial charge on any atom is -0.382 e. The molecule has 7 heteroatoms.